The lowest BCUT2D eigenvalue weighted by molar-refractivity contribution is -0.137. The van der Waals surface area contributed by atoms with E-state index in [0.29, 0.717) is 0 Å². The Morgan fingerprint density at radius 3 is 2.25 bits per heavy atom. The van der Waals surface area contributed by atoms with Gasteiger partial charge in [-0.3, -0.25) is 0 Å². The molecule has 1 aromatic carbocycles. The molecule has 0 bridgehead atoms. The van der Waals surface area contributed by atoms with Crippen LogP contribution in [0.15, 0.2) is 24.3 Å². The maximum absolute atomic E-state index is 12.1. The number of halogens is 3. The summed E-state index contributed by atoms with van der Waals surface area (Å²) in [4.78, 5) is 0. The molecule has 0 saturated heterocycles. The van der Waals surface area contributed by atoms with Gasteiger partial charge >= 0.3 is 6.18 Å². The number of rotatable bonds is 1. The van der Waals surface area contributed by atoms with Gasteiger partial charge in [-0.1, -0.05) is 0 Å². The smallest absolute Gasteiger partial charge is 0.388 e. The molecule has 66 valence electrons. The first-order valence-corrected chi connectivity index (χ1v) is 3.14. The van der Waals surface area contributed by atoms with Gasteiger partial charge in [0, 0.05) is 16.8 Å². The number of hydrogen-bond donors (Lipinski definition) is 1. The van der Waals surface area contributed by atoms with E-state index in [4.69, 9.17) is 4.11 Å². The molecule has 0 aliphatic rings. The Kier molecular flexibility index (Phi) is 1.38. The zero-order valence-corrected chi connectivity index (χ0v) is 5.94. The van der Waals surface area contributed by atoms with Gasteiger partial charge in [-0.05, 0) is 24.3 Å². The van der Waals surface area contributed by atoms with Gasteiger partial charge in [0.15, 0.2) is 0 Å². The fourth-order valence-corrected chi connectivity index (χ4v) is 0.743. The highest BCUT2D eigenvalue weighted by Gasteiger charge is 2.29. The van der Waals surface area contributed by atoms with Crippen LogP contribution in [-0.2, 0) is 6.18 Å². The largest absolute Gasteiger partial charge is 0.416 e. The van der Waals surface area contributed by atoms with Crippen molar-refractivity contribution < 1.29 is 17.3 Å². The quantitative estimate of drug-likeness (QED) is 0.697. The second-order valence-corrected chi connectivity index (χ2v) is 2.20. The normalized spacial score (nSPS) is 16.1. The van der Waals surface area contributed by atoms with Crippen LogP contribution in [0.4, 0.5) is 18.9 Å². The van der Waals surface area contributed by atoms with Gasteiger partial charge in [0.2, 0.25) is 0 Å². The van der Waals surface area contributed by atoms with Crippen LogP contribution < -0.4 is 5.32 Å². The molecule has 1 rings (SSSR count). The van der Waals surface area contributed by atoms with Crippen molar-refractivity contribution in [1.82, 2.24) is 0 Å². The van der Waals surface area contributed by atoms with Crippen molar-refractivity contribution in [3.63, 3.8) is 0 Å². The van der Waals surface area contributed by atoms with Crippen molar-refractivity contribution in [2.45, 2.75) is 6.18 Å². The first kappa shape index (κ1) is 5.45. The zero-order valence-electron chi connectivity index (χ0n) is 8.94. The van der Waals surface area contributed by atoms with Gasteiger partial charge < -0.3 is 5.32 Å². The molecule has 0 spiro atoms. The van der Waals surface area contributed by atoms with Crippen LogP contribution in [0.25, 0.3) is 0 Å². The highest BCUT2D eigenvalue weighted by Crippen LogP contribution is 2.29. The van der Waals surface area contributed by atoms with E-state index in [2.05, 4.69) is 5.32 Å². The molecule has 0 aromatic heterocycles. The average Bonchev–Trinajstić information content (AvgIpc) is 2.00. The average molecular weight is 178 g/mol. The second-order valence-electron chi connectivity index (χ2n) is 2.20. The van der Waals surface area contributed by atoms with Crippen LogP contribution in [0.3, 0.4) is 0 Å². The summed E-state index contributed by atoms with van der Waals surface area (Å²) in [5.41, 5.74) is -0.679. The van der Waals surface area contributed by atoms with Crippen LogP contribution in [0.2, 0.25) is 0 Å². The van der Waals surface area contributed by atoms with Gasteiger partial charge in [0.05, 0.1) is 5.56 Å². The van der Waals surface area contributed by atoms with Crippen LogP contribution in [0.1, 0.15) is 9.68 Å². The van der Waals surface area contributed by atoms with E-state index in [9.17, 15) is 13.2 Å². The van der Waals surface area contributed by atoms with Crippen molar-refractivity contribution in [2.75, 3.05) is 12.3 Å². The van der Waals surface area contributed by atoms with Crippen LogP contribution in [-0.4, -0.2) is 6.98 Å². The molecular formula is C8H8F3N. The molecule has 0 amide bonds. The Morgan fingerprint density at radius 2 is 1.83 bits per heavy atom. The summed E-state index contributed by atoms with van der Waals surface area (Å²) in [6, 6.07) is 3.81. The molecule has 0 atom stereocenters. The molecule has 0 aliphatic carbocycles. The van der Waals surface area contributed by atoms with E-state index in [-0.39, 0.29) is 5.69 Å². The van der Waals surface area contributed by atoms with Crippen molar-refractivity contribution in [1.29, 1.82) is 0 Å². The van der Waals surface area contributed by atoms with Crippen LogP contribution >= 0.6 is 0 Å². The van der Waals surface area contributed by atoms with Crippen LogP contribution in [0, 0.1) is 0 Å². The Balaban J connectivity index is 2.82. The Labute approximate surface area is 72.4 Å². The lowest BCUT2D eigenvalue weighted by atomic mass is 10.2. The first-order valence-electron chi connectivity index (χ1n) is 4.64. The van der Waals surface area contributed by atoms with Gasteiger partial charge in [-0.2, -0.15) is 13.2 Å². The monoisotopic (exact) mass is 178 g/mol. The molecule has 1 N–H and O–H groups in total. The van der Waals surface area contributed by atoms with Gasteiger partial charge in [0.25, 0.3) is 0 Å². The van der Waals surface area contributed by atoms with Crippen molar-refractivity contribution in [2.24, 2.45) is 0 Å². The summed E-state index contributed by atoms with van der Waals surface area (Å²) >= 11 is 0. The van der Waals surface area contributed by atoms with Gasteiger partial charge in [-0.25, -0.2) is 0 Å². The van der Waals surface area contributed by atoms with E-state index >= 15 is 0 Å². The third kappa shape index (κ3) is 1.90. The molecule has 4 heteroatoms. The summed E-state index contributed by atoms with van der Waals surface area (Å²) in [5, 5.41) is 2.09. The summed E-state index contributed by atoms with van der Waals surface area (Å²) in [5.74, 6) is 0. The highest BCUT2D eigenvalue weighted by atomic mass is 19.4. The lowest BCUT2D eigenvalue weighted by Gasteiger charge is -2.06. The predicted molar refractivity (Wildman–Crippen MR) is 41.0 cm³/mol. The Morgan fingerprint density at radius 1 is 1.25 bits per heavy atom. The number of benzene rings is 1. The molecule has 1 nitrogen and oxygen atoms in total. The minimum absolute atomic E-state index is 0.128. The van der Waals surface area contributed by atoms with Crippen LogP contribution in [0.5, 0.6) is 0 Å². The molecule has 0 aliphatic heterocycles. The maximum Gasteiger partial charge on any atom is 0.416 e. The standard InChI is InChI=1S/C8H8F3N/c1-12-7-4-2-6(3-5-7)8(9,10)11/h2-5,12H,1H3/i1D3. The van der Waals surface area contributed by atoms with E-state index in [1.165, 1.54) is 0 Å². The molecule has 1 aromatic rings. The first-order chi connectivity index (χ1) is 6.68. The Hall–Kier alpha value is -1.19. The topological polar surface area (TPSA) is 12.0 Å². The van der Waals surface area contributed by atoms with Crippen molar-refractivity contribution in [3.05, 3.63) is 29.8 Å². The highest BCUT2D eigenvalue weighted by molar-refractivity contribution is 5.44. The summed E-state index contributed by atoms with van der Waals surface area (Å²) in [7, 11) is 0. The second kappa shape index (κ2) is 3.05. The van der Waals surface area contributed by atoms with E-state index in [0.717, 1.165) is 24.3 Å². The fourth-order valence-electron chi connectivity index (χ4n) is 0.743. The third-order valence-corrected chi connectivity index (χ3v) is 1.36. The van der Waals surface area contributed by atoms with E-state index in [1.807, 2.05) is 0 Å². The molecule has 0 saturated carbocycles. The number of alkyl halides is 3. The van der Waals surface area contributed by atoms with E-state index in [1.54, 1.807) is 0 Å². The van der Waals surface area contributed by atoms with Gasteiger partial charge in [0.1, 0.15) is 0 Å². The minimum Gasteiger partial charge on any atom is -0.388 e. The number of nitrogens with one attached hydrogen (secondary N) is 1. The summed E-state index contributed by atoms with van der Waals surface area (Å²) < 4.78 is 56.9. The summed E-state index contributed by atoms with van der Waals surface area (Å²) in [6.45, 7) is -2.40. The summed E-state index contributed by atoms with van der Waals surface area (Å²) in [6.07, 6.45) is -4.40. The third-order valence-electron chi connectivity index (χ3n) is 1.36. The van der Waals surface area contributed by atoms with Gasteiger partial charge in [-0.15, -0.1) is 0 Å². The predicted octanol–water partition coefficient (Wildman–Crippen LogP) is 2.75. The number of hydrogen-bond acceptors (Lipinski definition) is 1. The number of anilines is 1. The van der Waals surface area contributed by atoms with Crippen molar-refractivity contribution in [3.8, 4) is 0 Å². The Bertz CT molecular complexity index is 328. The lowest BCUT2D eigenvalue weighted by Crippen LogP contribution is -2.04. The molecular weight excluding hydrogens is 167 g/mol. The molecule has 0 unspecified atom stereocenters. The molecule has 12 heavy (non-hydrogen) atoms. The zero-order chi connectivity index (χ0) is 11.7. The fraction of sp³-hybridized carbons (Fsp3) is 0.250. The molecule has 0 fully saturated rings. The SMILES string of the molecule is [2H]C([2H])([2H])Nc1ccc(C(F)(F)F)cc1. The maximum atomic E-state index is 12.1. The molecule has 0 radical (unpaired) electrons. The van der Waals surface area contributed by atoms with E-state index < -0.39 is 18.7 Å². The minimum atomic E-state index is -4.40. The van der Waals surface area contributed by atoms with Crippen molar-refractivity contribution >= 4 is 5.69 Å². The molecule has 0 heterocycles.